The molecular formula is C32H23F6IO6S3. The second kappa shape index (κ2) is 16.3. The zero-order chi connectivity index (χ0) is 35.8. The summed E-state index contributed by atoms with van der Waals surface area (Å²) in [6.45, 7) is 0. The van der Waals surface area contributed by atoms with Crippen LogP contribution in [0.25, 0.3) is 22.3 Å². The van der Waals surface area contributed by atoms with Crippen molar-refractivity contribution in [2.45, 2.75) is 25.7 Å². The van der Waals surface area contributed by atoms with Crippen molar-refractivity contribution in [1.29, 1.82) is 0 Å². The first kappa shape index (κ1) is 39.0. The molecule has 6 nitrogen and oxygen atoms in total. The summed E-state index contributed by atoms with van der Waals surface area (Å²) in [4.78, 5) is 4.02. The second-order valence-electron chi connectivity index (χ2n) is 9.36. The lowest BCUT2D eigenvalue weighted by Crippen LogP contribution is -3.34. The molecule has 48 heavy (non-hydrogen) atoms. The van der Waals surface area contributed by atoms with Gasteiger partial charge in [-0.15, -0.1) is 0 Å². The van der Waals surface area contributed by atoms with Gasteiger partial charge in [0.05, 0.1) is 10.9 Å². The number of alkyl halides is 6. The third-order valence-electron chi connectivity index (χ3n) is 6.02. The molecule has 5 rings (SSSR count). The highest BCUT2D eigenvalue weighted by atomic mass is 127. The molecule has 5 aromatic rings. The van der Waals surface area contributed by atoms with E-state index in [2.05, 4.69) is 133 Å². The van der Waals surface area contributed by atoms with Gasteiger partial charge in [0.15, 0.2) is 38.5 Å². The molecule has 0 saturated carbocycles. The zero-order valence-corrected chi connectivity index (χ0v) is 28.8. The summed E-state index contributed by atoms with van der Waals surface area (Å²) in [6.07, 6.45) is 0. The first-order chi connectivity index (χ1) is 22.3. The van der Waals surface area contributed by atoms with Gasteiger partial charge in [0.25, 0.3) is 22.6 Å². The third-order valence-corrected chi connectivity index (χ3v) is 10.2. The van der Waals surface area contributed by atoms with E-state index in [1.54, 1.807) is 0 Å². The first-order valence-corrected chi connectivity index (χ1v) is 18.4. The molecule has 0 saturated heterocycles. The van der Waals surface area contributed by atoms with Crippen LogP contribution in [0.4, 0.5) is 26.3 Å². The number of hydrogen-bond acceptors (Lipinski definition) is 6. The van der Waals surface area contributed by atoms with Gasteiger partial charge in [0, 0.05) is 0 Å². The summed E-state index contributed by atoms with van der Waals surface area (Å²) in [6, 6.07) is 48.3. The molecule has 0 N–H and O–H groups in total. The standard InChI is InChI=1S/C30H23IS.2CHF3O3S/c31-27-19-15-25(16-20-27)23-11-13-24(14-12-23)26-17-21-30(22-18-26)32(28-7-3-1-4-8-28)29-9-5-2-6-10-29;2*2-1(3,4)8(5,6)7/h1-22,31H;2*(H,5,6,7)/q+2;;/p-2. The molecule has 0 bridgehead atoms. The van der Waals surface area contributed by atoms with Crippen LogP contribution in [-0.2, 0) is 31.1 Å². The van der Waals surface area contributed by atoms with Gasteiger partial charge in [-0.05, 0) is 95.1 Å². The van der Waals surface area contributed by atoms with Crippen molar-refractivity contribution in [2.24, 2.45) is 0 Å². The Labute approximate surface area is 289 Å². The van der Waals surface area contributed by atoms with Crippen LogP contribution in [0.5, 0.6) is 0 Å². The largest absolute Gasteiger partial charge is 0.741 e. The van der Waals surface area contributed by atoms with Crippen LogP contribution in [0, 0.1) is 3.57 Å². The highest BCUT2D eigenvalue weighted by Gasteiger charge is 2.37. The van der Waals surface area contributed by atoms with E-state index in [0.29, 0.717) is 0 Å². The highest BCUT2D eigenvalue weighted by molar-refractivity contribution is 7.97. The van der Waals surface area contributed by atoms with Gasteiger partial charge in [-0.3, -0.25) is 0 Å². The van der Waals surface area contributed by atoms with E-state index in [9.17, 15) is 26.3 Å². The molecule has 0 radical (unpaired) electrons. The summed E-state index contributed by atoms with van der Waals surface area (Å²) in [5, 5.41) is 0. The Morgan fingerprint density at radius 3 is 0.938 bits per heavy atom. The predicted octanol–water partition coefficient (Wildman–Crippen LogP) is 4.67. The smallest absolute Gasteiger partial charge is 0.485 e. The molecule has 0 heterocycles. The second-order valence-corrected chi connectivity index (χ2v) is 15.5. The van der Waals surface area contributed by atoms with Crippen molar-refractivity contribution < 1.29 is 74.9 Å². The highest BCUT2D eigenvalue weighted by Crippen LogP contribution is 2.33. The van der Waals surface area contributed by atoms with Crippen molar-refractivity contribution in [3.8, 4) is 22.3 Å². The molecule has 0 atom stereocenters. The molecule has 0 spiro atoms. The molecule has 0 amide bonds. The van der Waals surface area contributed by atoms with Crippen LogP contribution < -0.4 is 22.6 Å². The van der Waals surface area contributed by atoms with Gasteiger partial charge in [-0.1, -0.05) is 60.7 Å². The van der Waals surface area contributed by atoms with Gasteiger partial charge < -0.3 is 9.11 Å². The van der Waals surface area contributed by atoms with E-state index in [1.165, 1.54) is 40.5 Å². The van der Waals surface area contributed by atoms with Crippen LogP contribution in [0.1, 0.15) is 0 Å². The van der Waals surface area contributed by atoms with Gasteiger partial charge in [0.2, 0.25) is 0 Å². The topological polar surface area (TPSA) is 114 Å². The fourth-order valence-corrected chi connectivity index (χ4v) is 6.28. The van der Waals surface area contributed by atoms with Crippen molar-refractivity contribution in [3.63, 3.8) is 0 Å². The maximum absolute atomic E-state index is 10.7. The molecule has 0 fully saturated rings. The van der Waals surface area contributed by atoms with Crippen molar-refractivity contribution in [3.05, 3.63) is 137 Å². The Morgan fingerprint density at radius 2 is 0.667 bits per heavy atom. The maximum Gasteiger partial charge on any atom is 0.485 e. The van der Waals surface area contributed by atoms with Crippen LogP contribution in [0.2, 0.25) is 0 Å². The number of halogens is 7. The lowest BCUT2D eigenvalue weighted by molar-refractivity contribution is -0.328. The normalized spacial score (nSPS) is 12.0. The molecule has 0 aromatic heterocycles. The Bertz CT molecular complexity index is 1890. The first-order valence-electron chi connectivity index (χ1n) is 13.1. The molecule has 0 aliphatic carbocycles. The fourth-order valence-electron chi connectivity index (χ4n) is 3.81. The quantitative estimate of drug-likeness (QED) is 0.0837. The monoisotopic (exact) mass is 840 g/mol. The number of hydrogen-bond donors (Lipinski definition) is 0. The minimum Gasteiger partial charge on any atom is -0.741 e. The molecular weight excluding hydrogens is 817 g/mol. The van der Waals surface area contributed by atoms with E-state index in [0.717, 1.165) is 0 Å². The van der Waals surface area contributed by atoms with E-state index in [-0.39, 0.29) is 10.9 Å². The van der Waals surface area contributed by atoms with E-state index in [4.69, 9.17) is 25.9 Å². The zero-order valence-electron chi connectivity index (χ0n) is 24.1. The van der Waals surface area contributed by atoms with E-state index in [1.807, 2.05) is 22.6 Å². The molecule has 16 heteroatoms. The van der Waals surface area contributed by atoms with E-state index < -0.39 is 31.3 Å². The van der Waals surface area contributed by atoms with Crippen molar-refractivity contribution in [1.82, 2.24) is 0 Å². The Balaban J connectivity index is 0.000000325. The van der Waals surface area contributed by atoms with Gasteiger partial charge in [-0.2, -0.15) is 26.3 Å². The number of rotatable bonds is 5. The average molecular weight is 841 g/mol. The van der Waals surface area contributed by atoms with Crippen LogP contribution in [0.3, 0.4) is 0 Å². The molecule has 0 unspecified atom stereocenters. The Hall–Kier alpha value is -3.42. The van der Waals surface area contributed by atoms with Crippen LogP contribution in [-0.4, -0.2) is 37.0 Å². The molecule has 0 aliphatic heterocycles. The van der Waals surface area contributed by atoms with Gasteiger partial charge in [-0.25, -0.2) is 16.8 Å². The summed E-state index contributed by atoms with van der Waals surface area (Å²) in [5.74, 6) is 0. The van der Waals surface area contributed by atoms with Crippen LogP contribution in [0.15, 0.2) is 148 Å². The molecule has 5 aromatic carbocycles. The van der Waals surface area contributed by atoms with Crippen LogP contribution >= 0.6 is 0 Å². The molecule has 0 aliphatic rings. The van der Waals surface area contributed by atoms with Crippen molar-refractivity contribution >= 4 is 31.1 Å². The summed E-state index contributed by atoms with van der Waals surface area (Å²) in [7, 11) is -12.3. The summed E-state index contributed by atoms with van der Waals surface area (Å²) < 4.78 is 119. The lowest BCUT2D eigenvalue weighted by atomic mass is 10.0. The lowest BCUT2D eigenvalue weighted by Gasteiger charge is -2.09. The Kier molecular flexibility index (Phi) is 13.3. The summed E-state index contributed by atoms with van der Waals surface area (Å²) in [5.41, 5.74) is -6.29. The van der Waals surface area contributed by atoms with Gasteiger partial charge >= 0.3 is 11.0 Å². The minimum absolute atomic E-state index is 0.110. The Morgan fingerprint density at radius 1 is 0.438 bits per heavy atom. The van der Waals surface area contributed by atoms with Crippen molar-refractivity contribution in [2.75, 3.05) is 0 Å². The van der Waals surface area contributed by atoms with Gasteiger partial charge in [0.1, 0.15) is 0 Å². The molecule has 254 valence electrons. The SMILES string of the molecule is O=S(=O)([O-])C(F)(F)F.O=S(=O)([O-])C(F)(F)F.[IH+]c1ccc(-c2ccc(-c3ccc([S+](c4ccccc4)c4ccccc4)cc3)cc2)cc1. The minimum atomic E-state index is -6.09. The maximum atomic E-state index is 10.7. The van der Waals surface area contributed by atoms with E-state index >= 15 is 0 Å². The average Bonchev–Trinajstić information content (AvgIpc) is 3.02. The fraction of sp³-hybridized carbons (Fsp3) is 0.0625. The predicted molar refractivity (Wildman–Crippen MR) is 164 cm³/mol. The third kappa shape index (κ3) is 11.3. The summed E-state index contributed by atoms with van der Waals surface area (Å²) >= 11 is 2.05. The number of benzene rings is 5.